The van der Waals surface area contributed by atoms with Crippen molar-refractivity contribution in [1.29, 1.82) is 0 Å². The average Bonchev–Trinajstić information content (AvgIpc) is 2.57. The lowest BCUT2D eigenvalue weighted by atomic mass is 9.98. The van der Waals surface area contributed by atoms with Gasteiger partial charge in [-0.25, -0.2) is 0 Å². The molecule has 0 aromatic heterocycles. The molecule has 1 atom stereocenters. The highest BCUT2D eigenvalue weighted by molar-refractivity contribution is 6.32. The molecule has 0 fully saturated rings. The van der Waals surface area contributed by atoms with Crippen LogP contribution in [0, 0.1) is 0 Å². The number of carboxylic acids is 1. The van der Waals surface area contributed by atoms with Gasteiger partial charge < -0.3 is 10.0 Å². The van der Waals surface area contributed by atoms with Crippen molar-refractivity contribution in [2.45, 2.75) is 32.2 Å². The molecule has 1 N–H and O–H groups in total. The predicted octanol–water partition coefficient (Wildman–Crippen LogP) is 3.13. The monoisotopic (exact) mass is 253 g/mol. The molecule has 0 amide bonds. The summed E-state index contributed by atoms with van der Waals surface area (Å²) in [7, 11) is 0. The van der Waals surface area contributed by atoms with Crippen LogP contribution in [0.2, 0.25) is 5.02 Å². The first-order valence-corrected chi connectivity index (χ1v) is 6.15. The van der Waals surface area contributed by atoms with E-state index in [0.29, 0.717) is 11.1 Å². The standard InChI is InChI=1S/C13H16ClNO2/c1-8(2)15-7-9(6-12(16)17)13-10(14)4-3-5-11(13)15/h3-5,8-9H,6-7H2,1-2H3,(H,16,17). The van der Waals surface area contributed by atoms with Crippen LogP contribution in [0.15, 0.2) is 18.2 Å². The van der Waals surface area contributed by atoms with Crippen LogP contribution in [0.25, 0.3) is 0 Å². The van der Waals surface area contributed by atoms with Gasteiger partial charge in [0.15, 0.2) is 0 Å². The van der Waals surface area contributed by atoms with Gasteiger partial charge in [0.2, 0.25) is 0 Å². The molecule has 4 heteroatoms. The van der Waals surface area contributed by atoms with Crippen LogP contribution in [-0.4, -0.2) is 23.7 Å². The van der Waals surface area contributed by atoms with Crippen LogP contribution >= 0.6 is 11.6 Å². The molecule has 0 bridgehead atoms. The minimum atomic E-state index is -0.772. The summed E-state index contributed by atoms with van der Waals surface area (Å²) in [6, 6.07) is 6.12. The molecule has 2 rings (SSSR count). The molecule has 0 radical (unpaired) electrons. The Labute approximate surface area is 106 Å². The van der Waals surface area contributed by atoms with E-state index in [0.717, 1.165) is 17.8 Å². The summed E-state index contributed by atoms with van der Waals surface area (Å²) in [6.07, 6.45) is 0.139. The van der Waals surface area contributed by atoms with E-state index in [1.165, 1.54) is 0 Å². The summed E-state index contributed by atoms with van der Waals surface area (Å²) in [5, 5.41) is 9.63. The van der Waals surface area contributed by atoms with Crippen molar-refractivity contribution < 1.29 is 9.90 Å². The van der Waals surface area contributed by atoms with Crippen molar-refractivity contribution in [1.82, 2.24) is 0 Å². The number of hydrogen-bond acceptors (Lipinski definition) is 2. The number of nitrogens with zero attached hydrogens (tertiary/aromatic N) is 1. The smallest absolute Gasteiger partial charge is 0.304 e. The number of aliphatic carboxylic acids is 1. The molecule has 92 valence electrons. The number of benzene rings is 1. The molecule has 1 heterocycles. The maximum absolute atomic E-state index is 10.9. The number of anilines is 1. The van der Waals surface area contributed by atoms with Crippen LogP contribution in [0.1, 0.15) is 31.7 Å². The maximum Gasteiger partial charge on any atom is 0.304 e. The number of carbonyl (C=O) groups is 1. The molecule has 1 aromatic rings. The van der Waals surface area contributed by atoms with Crippen molar-refractivity contribution in [3.63, 3.8) is 0 Å². The topological polar surface area (TPSA) is 40.5 Å². The number of halogens is 1. The average molecular weight is 254 g/mol. The Kier molecular flexibility index (Phi) is 3.29. The van der Waals surface area contributed by atoms with Crippen LogP contribution in [-0.2, 0) is 4.79 Å². The fraction of sp³-hybridized carbons (Fsp3) is 0.462. The highest BCUT2D eigenvalue weighted by Crippen LogP contribution is 2.43. The van der Waals surface area contributed by atoms with Crippen molar-refractivity contribution in [3.05, 3.63) is 28.8 Å². The fourth-order valence-electron chi connectivity index (χ4n) is 2.47. The third kappa shape index (κ3) is 2.25. The molecule has 0 aliphatic carbocycles. The van der Waals surface area contributed by atoms with Gasteiger partial charge in [-0.2, -0.15) is 0 Å². The van der Waals surface area contributed by atoms with E-state index in [1.807, 2.05) is 18.2 Å². The summed E-state index contributed by atoms with van der Waals surface area (Å²) in [5.74, 6) is -0.773. The summed E-state index contributed by atoms with van der Waals surface area (Å²) in [4.78, 5) is 13.1. The second kappa shape index (κ2) is 4.57. The first-order chi connectivity index (χ1) is 8.00. The molecule has 17 heavy (non-hydrogen) atoms. The normalized spacial score (nSPS) is 18.6. The van der Waals surface area contributed by atoms with Gasteiger partial charge in [-0.3, -0.25) is 4.79 Å². The van der Waals surface area contributed by atoms with Gasteiger partial charge in [-0.1, -0.05) is 17.7 Å². The van der Waals surface area contributed by atoms with E-state index in [1.54, 1.807) is 0 Å². The zero-order valence-electron chi connectivity index (χ0n) is 9.98. The molecule has 0 saturated heterocycles. The van der Waals surface area contributed by atoms with Gasteiger partial charge in [0.1, 0.15) is 0 Å². The van der Waals surface area contributed by atoms with E-state index in [4.69, 9.17) is 16.7 Å². The van der Waals surface area contributed by atoms with Gasteiger partial charge in [0.25, 0.3) is 0 Å². The quantitative estimate of drug-likeness (QED) is 0.900. The molecule has 0 spiro atoms. The van der Waals surface area contributed by atoms with Gasteiger partial charge in [-0.05, 0) is 31.5 Å². The van der Waals surface area contributed by atoms with Crippen LogP contribution in [0.4, 0.5) is 5.69 Å². The number of carboxylic acid groups (broad SMARTS) is 1. The van der Waals surface area contributed by atoms with E-state index in [9.17, 15) is 4.79 Å². The predicted molar refractivity (Wildman–Crippen MR) is 68.9 cm³/mol. The summed E-state index contributed by atoms with van der Waals surface area (Å²) < 4.78 is 0. The largest absolute Gasteiger partial charge is 0.481 e. The Balaban J connectivity index is 2.41. The molecule has 3 nitrogen and oxygen atoms in total. The number of hydrogen-bond donors (Lipinski definition) is 1. The summed E-state index contributed by atoms with van der Waals surface area (Å²) >= 11 is 6.20. The highest BCUT2D eigenvalue weighted by Gasteiger charge is 2.32. The molecule has 1 aromatic carbocycles. The van der Waals surface area contributed by atoms with Gasteiger partial charge >= 0.3 is 5.97 Å². The second-order valence-electron chi connectivity index (χ2n) is 4.71. The minimum absolute atomic E-state index is 0.00130. The SMILES string of the molecule is CC(C)N1CC(CC(=O)O)c2c(Cl)cccc21. The Bertz CT molecular complexity index is 445. The zero-order valence-corrected chi connectivity index (χ0v) is 10.7. The Morgan fingerprint density at radius 3 is 2.88 bits per heavy atom. The highest BCUT2D eigenvalue weighted by atomic mass is 35.5. The van der Waals surface area contributed by atoms with E-state index >= 15 is 0 Å². The van der Waals surface area contributed by atoms with E-state index in [2.05, 4.69) is 18.7 Å². The molecular weight excluding hydrogens is 238 g/mol. The van der Waals surface area contributed by atoms with Gasteiger partial charge in [-0.15, -0.1) is 0 Å². The Morgan fingerprint density at radius 2 is 2.29 bits per heavy atom. The van der Waals surface area contributed by atoms with Crippen molar-refractivity contribution in [3.8, 4) is 0 Å². The second-order valence-corrected chi connectivity index (χ2v) is 5.12. The van der Waals surface area contributed by atoms with Crippen LogP contribution < -0.4 is 4.90 Å². The van der Waals surface area contributed by atoms with E-state index in [-0.39, 0.29) is 12.3 Å². The minimum Gasteiger partial charge on any atom is -0.481 e. The van der Waals surface area contributed by atoms with E-state index < -0.39 is 5.97 Å². The summed E-state index contributed by atoms with van der Waals surface area (Å²) in [6.45, 7) is 4.95. The molecular formula is C13H16ClNO2. The zero-order chi connectivity index (χ0) is 12.6. The van der Waals surface area contributed by atoms with Gasteiger partial charge in [0.05, 0.1) is 6.42 Å². The van der Waals surface area contributed by atoms with Crippen molar-refractivity contribution in [2.75, 3.05) is 11.4 Å². The Hall–Kier alpha value is -1.22. The van der Waals surface area contributed by atoms with Gasteiger partial charge in [0, 0.05) is 29.2 Å². The van der Waals surface area contributed by atoms with Crippen molar-refractivity contribution in [2.24, 2.45) is 0 Å². The molecule has 0 saturated carbocycles. The molecule has 1 aliphatic rings. The third-order valence-corrected chi connectivity index (χ3v) is 3.54. The van der Waals surface area contributed by atoms with Crippen LogP contribution in [0.5, 0.6) is 0 Å². The lowest BCUT2D eigenvalue weighted by Crippen LogP contribution is -2.29. The third-order valence-electron chi connectivity index (χ3n) is 3.21. The maximum atomic E-state index is 10.9. The summed E-state index contributed by atoms with van der Waals surface area (Å²) in [5.41, 5.74) is 2.07. The first-order valence-electron chi connectivity index (χ1n) is 5.77. The first kappa shape index (κ1) is 12.2. The fourth-order valence-corrected chi connectivity index (χ4v) is 2.80. The number of rotatable bonds is 3. The number of fused-ring (bicyclic) bond motifs is 1. The van der Waals surface area contributed by atoms with Crippen LogP contribution in [0.3, 0.4) is 0 Å². The molecule has 1 aliphatic heterocycles. The van der Waals surface area contributed by atoms with Crippen molar-refractivity contribution >= 4 is 23.3 Å². The Morgan fingerprint density at radius 1 is 1.59 bits per heavy atom. The lowest BCUT2D eigenvalue weighted by molar-refractivity contribution is -0.137. The molecule has 1 unspecified atom stereocenters. The lowest BCUT2D eigenvalue weighted by Gasteiger charge is -2.24.